The molecule has 164 valence electrons. The molecule has 1 aromatic heterocycles. The summed E-state index contributed by atoms with van der Waals surface area (Å²) in [5.74, 6) is -0.803. The van der Waals surface area contributed by atoms with Crippen LogP contribution in [0.2, 0.25) is 0 Å². The fraction of sp³-hybridized carbons (Fsp3) is 0.238. The highest BCUT2D eigenvalue weighted by atomic mass is 19.4. The van der Waals surface area contributed by atoms with Gasteiger partial charge in [-0.2, -0.15) is 26.3 Å². The zero-order chi connectivity index (χ0) is 22.8. The molecule has 0 aliphatic heterocycles. The molecule has 4 nitrogen and oxygen atoms in total. The molecule has 0 unspecified atom stereocenters. The Bertz CT molecular complexity index is 1110. The topological polar surface area (TPSA) is 51.2 Å². The number of halogens is 6. The molecular formula is C21H16F6N2O2. The van der Waals surface area contributed by atoms with E-state index in [1.165, 1.54) is 18.2 Å². The number of nitrogens with one attached hydrogen (secondary N) is 1. The Morgan fingerprint density at radius 2 is 1.71 bits per heavy atom. The van der Waals surface area contributed by atoms with Crippen molar-refractivity contribution in [3.63, 3.8) is 0 Å². The summed E-state index contributed by atoms with van der Waals surface area (Å²) in [5, 5.41) is 2.72. The number of nitrogens with zero attached hydrogens (tertiary/aromatic N) is 1. The summed E-state index contributed by atoms with van der Waals surface area (Å²) in [6.45, 7) is 1.28. The molecule has 0 atom stereocenters. The van der Waals surface area contributed by atoms with Crippen molar-refractivity contribution < 1.29 is 35.9 Å². The average molecular weight is 442 g/mol. The van der Waals surface area contributed by atoms with Crippen LogP contribution in [-0.2, 0) is 23.6 Å². The van der Waals surface area contributed by atoms with Gasteiger partial charge in [0.1, 0.15) is 0 Å². The molecule has 0 fully saturated rings. The van der Waals surface area contributed by atoms with E-state index in [1.54, 1.807) is 6.92 Å². The number of benzene rings is 2. The standard InChI is InChI=1S/C21H16F6N2O2/c1-2-31-19(30)18-10-17(14-9-13(20(22,23)24)7-8-16(14)29-18)28-11-12-5-3-4-6-15(12)21(25,26)27/h3-10H,2,11H2,1H3,(H,28,29). The second-order valence-corrected chi connectivity index (χ2v) is 6.51. The van der Waals surface area contributed by atoms with Gasteiger partial charge in [-0.25, -0.2) is 9.78 Å². The first-order valence-corrected chi connectivity index (χ1v) is 9.08. The minimum atomic E-state index is -4.63. The third-order valence-corrected chi connectivity index (χ3v) is 4.41. The molecule has 10 heteroatoms. The number of rotatable bonds is 5. The van der Waals surface area contributed by atoms with E-state index in [2.05, 4.69) is 10.3 Å². The van der Waals surface area contributed by atoms with Crippen molar-refractivity contribution in [3.8, 4) is 0 Å². The largest absolute Gasteiger partial charge is 0.461 e. The molecule has 0 spiro atoms. The highest BCUT2D eigenvalue weighted by molar-refractivity contribution is 5.98. The molecule has 0 saturated heterocycles. The molecular weight excluding hydrogens is 426 g/mol. The minimum Gasteiger partial charge on any atom is -0.461 e. The molecule has 0 bridgehead atoms. The zero-order valence-electron chi connectivity index (χ0n) is 16.1. The third-order valence-electron chi connectivity index (χ3n) is 4.41. The Hall–Kier alpha value is -3.30. The molecule has 1 heterocycles. The van der Waals surface area contributed by atoms with Crippen LogP contribution < -0.4 is 5.32 Å². The van der Waals surface area contributed by atoms with Gasteiger partial charge in [-0.3, -0.25) is 0 Å². The lowest BCUT2D eigenvalue weighted by Crippen LogP contribution is -2.13. The van der Waals surface area contributed by atoms with E-state index in [4.69, 9.17) is 4.74 Å². The summed E-state index contributed by atoms with van der Waals surface area (Å²) in [4.78, 5) is 16.1. The maximum atomic E-state index is 13.2. The van der Waals surface area contributed by atoms with Crippen LogP contribution in [-0.4, -0.2) is 17.6 Å². The smallest absolute Gasteiger partial charge is 0.416 e. The number of aromatic nitrogens is 1. The number of alkyl halides is 6. The first kappa shape index (κ1) is 22.4. The van der Waals surface area contributed by atoms with Gasteiger partial charge in [0.25, 0.3) is 0 Å². The van der Waals surface area contributed by atoms with Crippen LogP contribution in [0.15, 0.2) is 48.5 Å². The number of carbonyl (C=O) groups excluding carboxylic acids is 1. The highest BCUT2D eigenvalue weighted by Gasteiger charge is 2.33. The van der Waals surface area contributed by atoms with E-state index >= 15 is 0 Å². The molecule has 0 saturated carbocycles. The second-order valence-electron chi connectivity index (χ2n) is 6.51. The molecule has 31 heavy (non-hydrogen) atoms. The summed E-state index contributed by atoms with van der Waals surface area (Å²) < 4.78 is 84.1. The molecule has 3 aromatic rings. The van der Waals surface area contributed by atoms with E-state index in [9.17, 15) is 31.1 Å². The van der Waals surface area contributed by atoms with Crippen molar-refractivity contribution in [2.45, 2.75) is 25.8 Å². The number of pyridine rings is 1. The summed E-state index contributed by atoms with van der Waals surface area (Å²) in [6, 6.07) is 8.72. The lowest BCUT2D eigenvalue weighted by molar-refractivity contribution is -0.138. The van der Waals surface area contributed by atoms with Gasteiger partial charge >= 0.3 is 18.3 Å². The molecule has 0 amide bonds. The first-order chi connectivity index (χ1) is 14.5. The quantitative estimate of drug-likeness (QED) is 0.386. The van der Waals surface area contributed by atoms with Gasteiger partial charge in [0, 0.05) is 17.6 Å². The lowest BCUT2D eigenvalue weighted by Gasteiger charge is -2.16. The Labute approximate surface area is 172 Å². The SMILES string of the molecule is CCOC(=O)c1cc(NCc2ccccc2C(F)(F)F)c2cc(C(F)(F)F)ccc2n1. The second kappa shape index (κ2) is 8.44. The molecule has 3 rings (SSSR count). The van der Waals surface area contributed by atoms with Crippen molar-refractivity contribution in [1.82, 2.24) is 4.98 Å². The summed E-state index contributed by atoms with van der Waals surface area (Å²) in [7, 11) is 0. The van der Waals surface area contributed by atoms with Gasteiger partial charge in [0.2, 0.25) is 0 Å². The van der Waals surface area contributed by atoms with Crippen LogP contribution in [0.5, 0.6) is 0 Å². The van der Waals surface area contributed by atoms with Crippen molar-refractivity contribution in [3.05, 3.63) is 70.9 Å². The number of carbonyl (C=O) groups is 1. The highest BCUT2D eigenvalue weighted by Crippen LogP contribution is 2.35. The van der Waals surface area contributed by atoms with Gasteiger partial charge in [0.05, 0.1) is 23.3 Å². The maximum absolute atomic E-state index is 13.2. The van der Waals surface area contributed by atoms with Crippen molar-refractivity contribution in [2.24, 2.45) is 0 Å². The van der Waals surface area contributed by atoms with Crippen LogP contribution in [0, 0.1) is 0 Å². The predicted octanol–water partition coefficient (Wildman–Crippen LogP) is 6.06. The Morgan fingerprint density at radius 1 is 1.00 bits per heavy atom. The Balaban J connectivity index is 2.07. The molecule has 0 aliphatic carbocycles. The van der Waals surface area contributed by atoms with Gasteiger partial charge in [-0.05, 0) is 42.8 Å². The van der Waals surface area contributed by atoms with Crippen LogP contribution in [0.1, 0.15) is 34.1 Å². The number of esters is 1. The number of hydrogen-bond donors (Lipinski definition) is 1. The van der Waals surface area contributed by atoms with E-state index in [1.807, 2.05) is 0 Å². The van der Waals surface area contributed by atoms with E-state index < -0.39 is 29.4 Å². The van der Waals surface area contributed by atoms with Gasteiger partial charge in [-0.15, -0.1) is 0 Å². The summed E-state index contributed by atoms with van der Waals surface area (Å²) >= 11 is 0. The third kappa shape index (κ3) is 5.07. The molecule has 1 N–H and O–H groups in total. The fourth-order valence-electron chi connectivity index (χ4n) is 3.00. The predicted molar refractivity (Wildman–Crippen MR) is 101 cm³/mol. The summed E-state index contributed by atoms with van der Waals surface area (Å²) in [6.07, 6.45) is -9.23. The normalized spacial score (nSPS) is 12.1. The fourth-order valence-corrected chi connectivity index (χ4v) is 3.00. The number of hydrogen-bond acceptors (Lipinski definition) is 4. The maximum Gasteiger partial charge on any atom is 0.416 e. The minimum absolute atomic E-state index is 0.00682. The number of fused-ring (bicyclic) bond motifs is 1. The lowest BCUT2D eigenvalue weighted by atomic mass is 10.1. The van der Waals surface area contributed by atoms with Crippen molar-refractivity contribution in [1.29, 1.82) is 0 Å². The van der Waals surface area contributed by atoms with Gasteiger partial charge in [0.15, 0.2) is 5.69 Å². The van der Waals surface area contributed by atoms with Crippen molar-refractivity contribution >= 4 is 22.6 Å². The van der Waals surface area contributed by atoms with Crippen LogP contribution in [0.3, 0.4) is 0 Å². The van der Waals surface area contributed by atoms with Gasteiger partial charge < -0.3 is 10.1 Å². The first-order valence-electron chi connectivity index (χ1n) is 9.08. The van der Waals surface area contributed by atoms with Gasteiger partial charge in [-0.1, -0.05) is 18.2 Å². The Morgan fingerprint density at radius 3 is 2.35 bits per heavy atom. The van der Waals surface area contributed by atoms with Crippen molar-refractivity contribution in [2.75, 3.05) is 11.9 Å². The van der Waals surface area contributed by atoms with E-state index in [0.29, 0.717) is 0 Å². The molecule has 2 aromatic carbocycles. The summed E-state index contributed by atoms with van der Waals surface area (Å²) in [5.41, 5.74) is -2.03. The van der Waals surface area contributed by atoms with Crippen LogP contribution in [0.4, 0.5) is 32.0 Å². The van der Waals surface area contributed by atoms with E-state index in [0.717, 1.165) is 30.3 Å². The number of anilines is 1. The zero-order valence-corrected chi connectivity index (χ0v) is 16.1. The van der Waals surface area contributed by atoms with Crippen LogP contribution in [0.25, 0.3) is 10.9 Å². The molecule has 0 radical (unpaired) electrons. The Kier molecular flexibility index (Phi) is 6.10. The van der Waals surface area contributed by atoms with Crippen LogP contribution >= 0.6 is 0 Å². The molecule has 0 aliphatic rings. The number of ether oxygens (including phenoxy) is 1. The monoisotopic (exact) mass is 442 g/mol. The average Bonchev–Trinajstić information content (AvgIpc) is 2.70. The van der Waals surface area contributed by atoms with E-state index in [-0.39, 0.29) is 41.0 Å².